The standard InChI is InChI=1S/C23H27N5O4/c1-3-31-22(29)18-11-24-20-19(18)21(26-14-25-20)27-17-10-9-15(2)28(12-17)23(30)32-13-16-7-5-4-6-8-16/h4-8,11,14-15,17H,3,9-10,12-13H2,1-2H3,(H2,24,25,26,27)/t15-,17+/m0/s1. The van der Waals surface area contributed by atoms with Crippen LogP contribution in [0.1, 0.15) is 42.6 Å². The Labute approximate surface area is 186 Å². The van der Waals surface area contributed by atoms with E-state index in [4.69, 9.17) is 9.47 Å². The molecule has 2 aromatic heterocycles. The van der Waals surface area contributed by atoms with Gasteiger partial charge in [-0.3, -0.25) is 0 Å². The lowest BCUT2D eigenvalue weighted by Gasteiger charge is -2.37. The predicted octanol–water partition coefficient (Wildman–Crippen LogP) is 3.74. The first kappa shape index (κ1) is 21.6. The summed E-state index contributed by atoms with van der Waals surface area (Å²) in [5.74, 6) is 0.108. The number of anilines is 1. The van der Waals surface area contributed by atoms with Gasteiger partial charge in [0.2, 0.25) is 0 Å². The van der Waals surface area contributed by atoms with Crippen LogP contribution in [0.5, 0.6) is 0 Å². The number of nitrogens with one attached hydrogen (secondary N) is 2. The summed E-state index contributed by atoms with van der Waals surface area (Å²) in [5.41, 5.74) is 1.88. The highest BCUT2D eigenvalue weighted by molar-refractivity contribution is 6.07. The van der Waals surface area contributed by atoms with Gasteiger partial charge in [0.1, 0.15) is 24.4 Å². The average Bonchev–Trinajstić information content (AvgIpc) is 3.25. The number of hydrogen-bond acceptors (Lipinski definition) is 7. The second kappa shape index (κ2) is 9.67. The number of fused-ring (bicyclic) bond motifs is 1. The third-order valence-electron chi connectivity index (χ3n) is 5.63. The fraction of sp³-hybridized carbons (Fsp3) is 0.391. The molecule has 2 N–H and O–H groups in total. The molecule has 0 aliphatic carbocycles. The number of rotatable bonds is 6. The number of hydrogen-bond donors (Lipinski definition) is 2. The fourth-order valence-corrected chi connectivity index (χ4v) is 3.92. The first-order valence-corrected chi connectivity index (χ1v) is 10.8. The first-order chi connectivity index (χ1) is 15.6. The molecule has 0 spiro atoms. The van der Waals surface area contributed by atoms with Gasteiger partial charge in [0.25, 0.3) is 0 Å². The van der Waals surface area contributed by atoms with Crippen LogP contribution in [0.2, 0.25) is 0 Å². The van der Waals surface area contributed by atoms with Gasteiger partial charge < -0.3 is 24.7 Å². The largest absolute Gasteiger partial charge is 0.462 e. The highest BCUT2D eigenvalue weighted by atomic mass is 16.6. The number of esters is 1. The molecule has 1 saturated heterocycles. The summed E-state index contributed by atoms with van der Waals surface area (Å²) in [5, 5.41) is 3.98. The minimum Gasteiger partial charge on any atom is -0.462 e. The molecule has 0 unspecified atom stereocenters. The Bertz CT molecular complexity index is 1080. The summed E-state index contributed by atoms with van der Waals surface area (Å²) in [6, 6.07) is 9.64. The second-order valence-corrected chi connectivity index (χ2v) is 7.83. The second-order valence-electron chi connectivity index (χ2n) is 7.83. The Morgan fingerprint density at radius 2 is 2.00 bits per heavy atom. The monoisotopic (exact) mass is 437 g/mol. The van der Waals surface area contributed by atoms with E-state index in [1.54, 1.807) is 18.0 Å². The number of amides is 1. The number of aromatic nitrogens is 3. The quantitative estimate of drug-likeness (QED) is 0.566. The van der Waals surface area contributed by atoms with Gasteiger partial charge in [0, 0.05) is 24.8 Å². The molecule has 1 aliphatic heterocycles. The lowest BCUT2D eigenvalue weighted by molar-refractivity contribution is 0.0528. The van der Waals surface area contributed by atoms with E-state index in [0.29, 0.717) is 29.0 Å². The number of carbonyl (C=O) groups is 2. The molecule has 9 heteroatoms. The van der Waals surface area contributed by atoms with Gasteiger partial charge in [-0.05, 0) is 32.3 Å². The molecular weight excluding hydrogens is 410 g/mol. The smallest absolute Gasteiger partial charge is 0.410 e. The molecule has 1 fully saturated rings. The zero-order chi connectivity index (χ0) is 22.5. The molecule has 3 aromatic rings. The van der Waals surface area contributed by atoms with E-state index in [9.17, 15) is 9.59 Å². The maximum Gasteiger partial charge on any atom is 0.410 e. The summed E-state index contributed by atoms with van der Waals surface area (Å²) in [6.07, 6.45) is 4.36. The van der Waals surface area contributed by atoms with Gasteiger partial charge in [-0.1, -0.05) is 30.3 Å². The summed E-state index contributed by atoms with van der Waals surface area (Å²) in [6.45, 7) is 4.77. The van der Waals surface area contributed by atoms with Gasteiger partial charge in [-0.25, -0.2) is 19.6 Å². The number of nitrogens with zero attached hydrogens (tertiary/aromatic N) is 3. The Hall–Kier alpha value is -3.62. The normalized spacial score (nSPS) is 18.4. The SMILES string of the molecule is CCOC(=O)c1c[nH]c2ncnc(N[C@@H]3CC[C@H](C)N(C(=O)OCc4ccccc4)C3)c12. The van der Waals surface area contributed by atoms with E-state index in [1.807, 2.05) is 37.3 Å². The van der Waals surface area contributed by atoms with E-state index in [1.165, 1.54) is 6.33 Å². The van der Waals surface area contributed by atoms with E-state index in [2.05, 4.69) is 20.3 Å². The fourth-order valence-electron chi connectivity index (χ4n) is 3.92. The number of likely N-dealkylation sites (tertiary alicyclic amines) is 1. The van der Waals surface area contributed by atoms with Gasteiger partial charge in [0.05, 0.1) is 17.6 Å². The summed E-state index contributed by atoms with van der Waals surface area (Å²) >= 11 is 0. The Morgan fingerprint density at radius 3 is 2.78 bits per heavy atom. The van der Waals surface area contributed by atoms with E-state index >= 15 is 0 Å². The van der Waals surface area contributed by atoms with Crippen LogP contribution in [0.3, 0.4) is 0 Å². The lowest BCUT2D eigenvalue weighted by atomic mass is 9.99. The van der Waals surface area contributed by atoms with Crippen molar-refractivity contribution in [2.75, 3.05) is 18.5 Å². The van der Waals surface area contributed by atoms with Crippen LogP contribution in [-0.4, -0.2) is 57.1 Å². The van der Waals surface area contributed by atoms with Crippen molar-refractivity contribution in [1.82, 2.24) is 19.9 Å². The molecule has 32 heavy (non-hydrogen) atoms. The molecule has 0 saturated carbocycles. The summed E-state index contributed by atoms with van der Waals surface area (Å²) < 4.78 is 10.7. The maximum absolute atomic E-state index is 12.8. The van der Waals surface area contributed by atoms with Gasteiger partial charge in [-0.15, -0.1) is 0 Å². The molecule has 2 atom stereocenters. The minimum absolute atomic E-state index is 0.0430. The van der Waals surface area contributed by atoms with Gasteiger partial charge >= 0.3 is 12.1 Å². The molecule has 1 aliphatic rings. The highest BCUT2D eigenvalue weighted by Gasteiger charge is 2.31. The van der Waals surface area contributed by atoms with Crippen LogP contribution >= 0.6 is 0 Å². The third-order valence-corrected chi connectivity index (χ3v) is 5.63. The zero-order valence-electron chi connectivity index (χ0n) is 18.2. The molecule has 168 valence electrons. The van der Waals surface area contributed by atoms with E-state index in [-0.39, 0.29) is 31.4 Å². The van der Waals surface area contributed by atoms with Crippen molar-refractivity contribution in [2.24, 2.45) is 0 Å². The van der Waals surface area contributed by atoms with Crippen LogP contribution in [-0.2, 0) is 16.1 Å². The van der Waals surface area contributed by atoms with Crippen molar-refractivity contribution in [3.8, 4) is 0 Å². The van der Waals surface area contributed by atoms with Crippen LogP contribution in [0.4, 0.5) is 10.6 Å². The van der Waals surface area contributed by atoms with Crippen molar-refractivity contribution in [1.29, 1.82) is 0 Å². The Kier molecular flexibility index (Phi) is 6.53. The molecule has 0 radical (unpaired) electrons. The van der Waals surface area contributed by atoms with Gasteiger partial charge in [-0.2, -0.15) is 0 Å². The lowest BCUT2D eigenvalue weighted by Crippen LogP contribution is -2.49. The molecule has 9 nitrogen and oxygen atoms in total. The number of ether oxygens (including phenoxy) is 2. The number of H-pyrrole nitrogens is 1. The molecule has 4 rings (SSSR count). The maximum atomic E-state index is 12.8. The van der Waals surface area contributed by atoms with Crippen LogP contribution in [0, 0.1) is 0 Å². The number of benzene rings is 1. The Morgan fingerprint density at radius 1 is 1.19 bits per heavy atom. The third kappa shape index (κ3) is 4.66. The molecule has 0 bridgehead atoms. The minimum atomic E-state index is -0.431. The summed E-state index contributed by atoms with van der Waals surface area (Å²) in [7, 11) is 0. The zero-order valence-corrected chi connectivity index (χ0v) is 18.2. The number of piperidine rings is 1. The van der Waals surface area contributed by atoms with Gasteiger partial charge in [0.15, 0.2) is 0 Å². The van der Waals surface area contributed by atoms with Crippen LogP contribution < -0.4 is 5.32 Å². The Balaban J connectivity index is 1.47. The number of carbonyl (C=O) groups excluding carboxylic acids is 2. The summed E-state index contributed by atoms with van der Waals surface area (Å²) in [4.78, 5) is 38.4. The molecule has 1 amide bonds. The topological polar surface area (TPSA) is 109 Å². The molecular formula is C23H27N5O4. The van der Waals surface area contributed by atoms with Crippen molar-refractivity contribution in [3.63, 3.8) is 0 Å². The molecule has 3 heterocycles. The van der Waals surface area contributed by atoms with E-state index < -0.39 is 5.97 Å². The van der Waals surface area contributed by atoms with Crippen LogP contribution in [0.25, 0.3) is 11.0 Å². The first-order valence-electron chi connectivity index (χ1n) is 10.8. The van der Waals surface area contributed by atoms with Crippen molar-refractivity contribution >= 4 is 28.9 Å². The molecule has 1 aromatic carbocycles. The average molecular weight is 438 g/mol. The van der Waals surface area contributed by atoms with Crippen molar-refractivity contribution in [3.05, 3.63) is 54.0 Å². The van der Waals surface area contributed by atoms with Crippen molar-refractivity contribution in [2.45, 2.75) is 45.4 Å². The van der Waals surface area contributed by atoms with E-state index in [0.717, 1.165) is 18.4 Å². The predicted molar refractivity (Wildman–Crippen MR) is 119 cm³/mol. The van der Waals surface area contributed by atoms with Crippen LogP contribution in [0.15, 0.2) is 42.9 Å². The number of aromatic amines is 1. The highest BCUT2D eigenvalue weighted by Crippen LogP contribution is 2.27. The van der Waals surface area contributed by atoms with Crippen molar-refractivity contribution < 1.29 is 19.1 Å².